The lowest BCUT2D eigenvalue weighted by Crippen LogP contribution is -2.22. The molecule has 2 aromatic carbocycles. The minimum atomic E-state index is -0.450. The molecular formula is C26H30N2O4. The van der Waals surface area contributed by atoms with E-state index in [1.807, 2.05) is 12.1 Å². The molecule has 0 saturated carbocycles. The molecule has 0 aliphatic heterocycles. The Kier molecular flexibility index (Phi) is 6.21. The summed E-state index contributed by atoms with van der Waals surface area (Å²) in [6, 6.07) is 12.2. The third-order valence-corrected chi connectivity index (χ3v) is 6.67. The van der Waals surface area contributed by atoms with E-state index in [0.29, 0.717) is 12.3 Å². The summed E-state index contributed by atoms with van der Waals surface area (Å²) in [6.07, 6.45) is 3.53. The quantitative estimate of drug-likeness (QED) is 0.467. The standard InChI is InChI=1S/C26H30N2O4/c1-16-8-6-9-18(17(16)2)14-28-20-11-5-4-10-19(26(27)30)24(20)25-21(28)12-7-13-22(25)32-15-23(29)31-3/h6-9,12-13,19H,4-5,10-11,14-15H2,1-3H3,(H2,27,30). The number of amides is 1. The fourth-order valence-electron chi connectivity index (χ4n) is 4.81. The summed E-state index contributed by atoms with van der Waals surface area (Å²) < 4.78 is 12.9. The fraction of sp³-hybridized carbons (Fsp3) is 0.385. The van der Waals surface area contributed by atoms with Crippen LogP contribution in [0.25, 0.3) is 10.9 Å². The Morgan fingerprint density at radius 1 is 1.12 bits per heavy atom. The number of carbonyl (C=O) groups excluding carboxylic acids is 2. The Morgan fingerprint density at radius 3 is 2.66 bits per heavy atom. The molecule has 0 radical (unpaired) electrons. The lowest BCUT2D eigenvalue weighted by atomic mass is 9.92. The van der Waals surface area contributed by atoms with Gasteiger partial charge in [-0.15, -0.1) is 0 Å². The highest BCUT2D eigenvalue weighted by Crippen LogP contribution is 2.42. The van der Waals surface area contributed by atoms with Gasteiger partial charge in [-0.3, -0.25) is 4.79 Å². The number of hydrogen-bond acceptors (Lipinski definition) is 4. The molecule has 2 N–H and O–H groups in total. The van der Waals surface area contributed by atoms with E-state index in [4.69, 9.17) is 15.2 Å². The molecule has 1 unspecified atom stereocenters. The van der Waals surface area contributed by atoms with Gasteiger partial charge in [0.15, 0.2) is 6.61 Å². The predicted octanol–water partition coefficient (Wildman–Crippen LogP) is 4.15. The summed E-state index contributed by atoms with van der Waals surface area (Å²) in [5, 5.41) is 0.877. The van der Waals surface area contributed by atoms with Crippen molar-refractivity contribution in [1.82, 2.24) is 4.57 Å². The van der Waals surface area contributed by atoms with Crippen LogP contribution in [-0.2, 0) is 27.3 Å². The zero-order valence-corrected chi connectivity index (χ0v) is 18.9. The van der Waals surface area contributed by atoms with Gasteiger partial charge in [-0.2, -0.15) is 0 Å². The smallest absolute Gasteiger partial charge is 0.343 e. The monoisotopic (exact) mass is 434 g/mol. The van der Waals surface area contributed by atoms with E-state index in [9.17, 15) is 9.59 Å². The molecule has 1 heterocycles. The van der Waals surface area contributed by atoms with Crippen molar-refractivity contribution in [2.45, 2.75) is 52.0 Å². The number of esters is 1. The number of hydrogen-bond donors (Lipinski definition) is 1. The maximum Gasteiger partial charge on any atom is 0.343 e. The molecule has 6 nitrogen and oxygen atoms in total. The van der Waals surface area contributed by atoms with E-state index in [0.717, 1.165) is 47.8 Å². The van der Waals surface area contributed by atoms with Crippen LogP contribution in [0.4, 0.5) is 0 Å². The molecule has 0 bridgehead atoms. The molecule has 0 spiro atoms. The number of methoxy groups -OCH3 is 1. The molecule has 3 aromatic rings. The Labute approximate surface area is 188 Å². The predicted molar refractivity (Wildman–Crippen MR) is 124 cm³/mol. The molecule has 1 amide bonds. The second-order valence-electron chi connectivity index (χ2n) is 8.52. The van der Waals surface area contributed by atoms with Crippen molar-refractivity contribution in [3.8, 4) is 5.75 Å². The molecule has 4 rings (SSSR count). The topological polar surface area (TPSA) is 83.6 Å². The summed E-state index contributed by atoms with van der Waals surface area (Å²) in [7, 11) is 1.34. The van der Waals surface area contributed by atoms with Crippen molar-refractivity contribution in [3.05, 3.63) is 64.3 Å². The second-order valence-corrected chi connectivity index (χ2v) is 8.52. The fourth-order valence-corrected chi connectivity index (χ4v) is 4.81. The first-order valence-corrected chi connectivity index (χ1v) is 11.1. The van der Waals surface area contributed by atoms with Gasteiger partial charge in [0.2, 0.25) is 5.91 Å². The lowest BCUT2D eigenvalue weighted by molar-refractivity contribution is -0.142. The highest BCUT2D eigenvalue weighted by Gasteiger charge is 2.31. The molecule has 0 saturated heterocycles. The number of primary amides is 1. The molecule has 6 heteroatoms. The Bertz CT molecular complexity index is 1180. The van der Waals surface area contributed by atoms with Crippen LogP contribution in [0.1, 0.15) is 53.1 Å². The number of fused-ring (bicyclic) bond motifs is 3. The van der Waals surface area contributed by atoms with Crippen LogP contribution in [0.15, 0.2) is 36.4 Å². The van der Waals surface area contributed by atoms with Crippen LogP contribution in [0.2, 0.25) is 0 Å². The number of nitrogens with two attached hydrogens (primary N) is 1. The lowest BCUT2D eigenvalue weighted by Gasteiger charge is -2.15. The largest absolute Gasteiger partial charge is 0.481 e. The number of ether oxygens (including phenoxy) is 2. The van der Waals surface area contributed by atoms with Crippen LogP contribution in [0.3, 0.4) is 0 Å². The molecule has 32 heavy (non-hydrogen) atoms. The number of carbonyl (C=O) groups is 2. The van der Waals surface area contributed by atoms with Gasteiger partial charge < -0.3 is 19.8 Å². The first-order valence-electron chi connectivity index (χ1n) is 11.1. The first kappa shape index (κ1) is 21.9. The van der Waals surface area contributed by atoms with Crippen molar-refractivity contribution in [1.29, 1.82) is 0 Å². The number of aromatic nitrogens is 1. The van der Waals surface area contributed by atoms with Gasteiger partial charge in [0.05, 0.1) is 18.5 Å². The highest BCUT2D eigenvalue weighted by molar-refractivity contribution is 5.97. The molecule has 0 fully saturated rings. The van der Waals surface area contributed by atoms with E-state index < -0.39 is 5.97 Å². The average molecular weight is 435 g/mol. The third-order valence-electron chi connectivity index (χ3n) is 6.67. The Hall–Kier alpha value is -3.28. The minimum absolute atomic E-state index is 0.187. The summed E-state index contributed by atoms with van der Waals surface area (Å²) in [6.45, 7) is 4.78. The number of nitrogens with zero attached hydrogens (tertiary/aromatic N) is 1. The Balaban J connectivity index is 1.94. The maximum absolute atomic E-state index is 12.5. The van der Waals surface area contributed by atoms with Crippen molar-refractivity contribution >= 4 is 22.8 Å². The van der Waals surface area contributed by atoms with Crippen LogP contribution < -0.4 is 10.5 Å². The van der Waals surface area contributed by atoms with E-state index in [1.54, 1.807) is 0 Å². The van der Waals surface area contributed by atoms with Gasteiger partial charge in [0.25, 0.3) is 0 Å². The molecular weight excluding hydrogens is 404 g/mol. The molecule has 1 aliphatic carbocycles. The van der Waals surface area contributed by atoms with Crippen LogP contribution >= 0.6 is 0 Å². The molecule has 168 valence electrons. The van der Waals surface area contributed by atoms with Gasteiger partial charge in [-0.25, -0.2) is 4.79 Å². The molecule has 1 aliphatic rings. The summed E-state index contributed by atoms with van der Waals surface area (Å²) in [5.74, 6) is -0.564. The van der Waals surface area contributed by atoms with Crippen molar-refractivity contribution in [2.24, 2.45) is 5.73 Å². The van der Waals surface area contributed by atoms with Crippen molar-refractivity contribution in [3.63, 3.8) is 0 Å². The normalized spacial score (nSPS) is 15.8. The number of rotatable bonds is 6. The van der Waals surface area contributed by atoms with Gasteiger partial charge in [-0.1, -0.05) is 30.7 Å². The van der Waals surface area contributed by atoms with E-state index in [-0.39, 0.29) is 18.4 Å². The third kappa shape index (κ3) is 3.97. The average Bonchev–Trinajstić information content (AvgIpc) is 2.93. The van der Waals surface area contributed by atoms with Crippen LogP contribution in [0, 0.1) is 13.8 Å². The molecule has 1 aromatic heterocycles. The second kappa shape index (κ2) is 9.07. The van der Waals surface area contributed by atoms with Gasteiger partial charge >= 0.3 is 5.97 Å². The van der Waals surface area contributed by atoms with Gasteiger partial charge in [0, 0.05) is 17.6 Å². The van der Waals surface area contributed by atoms with Gasteiger partial charge in [-0.05, 0) is 67.5 Å². The van der Waals surface area contributed by atoms with Crippen molar-refractivity contribution in [2.75, 3.05) is 13.7 Å². The van der Waals surface area contributed by atoms with Crippen LogP contribution in [-0.4, -0.2) is 30.2 Å². The SMILES string of the molecule is COC(=O)COc1cccc2c1c1c(n2Cc2cccc(C)c2C)CCCCC1C(N)=O. The number of aryl methyl sites for hydroxylation is 1. The highest BCUT2D eigenvalue weighted by atomic mass is 16.6. The first-order chi connectivity index (χ1) is 15.4. The van der Waals surface area contributed by atoms with Crippen molar-refractivity contribution < 1.29 is 19.1 Å². The summed E-state index contributed by atoms with van der Waals surface area (Å²) in [4.78, 5) is 24.2. The van der Waals surface area contributed by atoms with Gasteiger partial charge in [0.1, 0.15) is 5.75 Å². The van der Waals surface area contributed by atoms with E-state index >= 15 is 0 Å². The molecule has 1 atom stereocenters. The minimum Gasteiger partial charge on any atom is -0.481 e. The summed E-state index contributed by atoms with van der Waals surface area (Å²) >= 11 is 0. The van der Waals surface area contributed by atoms with Crippen LogP contribution in [0.5, 0.6) is 5.75 Å². The van der Waals surface area contributed by atoms with E-state index in [2.05, 4.69) is 42.7 Å². The van der Waals surface area contributed by atoms with E-state index in [1.165, 1.54) is 23.8 Å². The Morgan fingerprint density at radius 2 is 1.91 bits per heavy atom. The zero-order valence-electron chi connectivity index (χ0n) is 18.9. The number of benzene rings is 2. The maximum atomic E-state index is 12.5. The zero-order chi connectivity index (χ0) is 22.8. The summed E-state index contributed by atoms with van der Waals surface area (Å²) in [5.41, 5.74) is 12.7.